The maximum absolute atomic E-state index is 12.2. The molecule has 0 aliphatic rings. The summed E-state index contributed by atoms with van der Waals surface area (Å²) in [5.41, 5.74) is 1.68. The van der Waals surface area contributed by atoms with Gasteiger partial charge in [-0.2, -0.15) is 0 Å². The van der Waals surface area contributed by atoms with Crippen LogP contribution in [0.15, 0.2) is 23.4 Å². The number of benzene rings is 1. The van der Waals surface area contributed by atoms with Crippen LogP contribution in [0.25, 0.3) is 11.4 Å². The topological polar surface area (TPSA) is 72.7 Å². The van der Waals surface area contributed by atoms with Gasteiger partial charge in [-0.15, -0.1) is 21.5 Å². The number of anilines is 1. The van der Waals surface area contributed by atoms with E-state index in [9.17, 15) is 4.79 Å². The lowest BCUT2D eigenvalue weighted by atomic mass is 10.2. The Kier molecular flexibility index (Phi) is 6.41. The van der Waals surface area contributed by atoms with Gasteiger partial charge < -0.3 is 9.88 Å². The first-order valence-corrected chi connectivity index (χ1v) is 10.7. The molecule has 0 aliphatic carbocycles. The van der Waals surface area contributed by atoms with E-state index in [0.717, 1.165) is 16.1 Å². The second-order valence-electron chi connectivity index (χ2n) is 5.67. The first-order valence-electron chi connectivity index (χ1n) is 8.14. The lowest BCUT2D eigenvalue weighted by Gasteiger charge is -2.08. The molecule has 3 aromatic rings. The van der Waals surface area contributed by atoms with E-state index in [4.69, 9.17) is 23.2 Å². The van der Waals surface area contributed by atoms with Gasteiger partial charge in [0.15, 0.2) is 16.1 Å². The number of halogens is 2. The van der Waals surface area contributed by atoms with Crippen molar-refractivity contribution in [2.75, 3.05) is 11.1 Å². The maximum atomic E-state index is 12.2. The molecule has 0 aliphatic heterocycles. The number of aryl methyl sites for hydroxylation is 2. The maximum Gasteiger partial charge on any atom is 0.236 e. The SMILES string of the molecule is CCn1c(SCC(=O)Nc2nc(C)c(C)s2)nnc1-c1ccc(Cl)cc1Cl. The highest BCUT2D eigenvalue weighted by atomic mass is 35.5. The van der Waals surface area contributed by atoms with Crippen LogP contribution in [-0.2, 0) is 11.3 Å². The van der Waals surface area contributed by atoms with Crippen LogP contribution in [0.2, 0.25) is 10.0 Å². The van der Waals surface area contributed by atoms with Crippen molar-refractivity contribution in [1.29, 1.82) is 0 Å². The first kappa shape index (κ1) is 20.1. The molecule has 1 amide bonds. The molecule has 2 heterocycles. The minimum absolute atomic E-state index is 0.134. The Balaban J connectivity index is 1.72. The summed E-state index contributed by atoms with van der Waals surface area (Å²) in [5, 5.41) is 13.6. The highest BCUT2D eigenvalue weighted by Gasteiger charge is 2.17. The largest absolute Gasteiger partial charge is 0.302 e. The van der Waals surface area contributed by atoms with E-state index in [1.54, 1.807) is 12.1 Å². The standard InChI is InChI=1S/C17H17Cl2N5OS2/c1-4-24-15(12-6-5-11(18)7-13(12)19)22-23-17(24)26-8-14(25)21-16-20-9(2)10(3)27-16/h5-7H,4,8H2,1-3H3,(H,20,21,25). The van der Waals surface area contributed by atoms with Gasteiger partial charge in [0.05, 0.1) is 16.5 Å². The normalized spacial score (nSPS) is 11.0. The van der Waals surface area contributed by atoms with Crippen LogP contribution in [-0.4, -0.2) is 31.4 Å². The third-order valence-corrected chi connectivity index (χ3v) is 6.32. The van der Waals surface area contributed by atoms with Gasteiger partial charge in [-0.3, -0.25) is 4.79 Å². The summed E-state index contributed by atoms with van der Waals surface area (Å²) in [6.07, 6.45) is 0. The quantitative estimate of drug-likeness (QED) is 0.540. The molecular formula is C17H17Cl2N5OS2. The Morgan fingerprint density at radius 3 is 2.70 bits per heavy atom. The number of thioether (sulfide) groups is 1. The molecule has 0 unspecified atom stereocenters. The smallest absolute Gasteiger partial charge is 0.236 e. The zero-order chi connectivity index (χ0) is 19.6. The van der Waals surface area contributed by atoms with E-state index in [-0.39, 0.29) is 11.7 Å². The zero-order valence-corrected chi connectivity index (χ0v) is 18.1. The summed E-state index contributed by atoms with van der Waals surface area (Å²) in [6, 6.07) is 5.25. The summed E-state index contributed by atoms with van der Waals surface area (Å²) in [7, 11) is 0. The average molecular weight is 442 g/mol. The lowest BCUT2D eigenvalue weighted by molar-refractivity contribution is -0.113. The molecule has 0 fully saturated rings. The number of amides is 1. The molecule has 1 N–H and O–H groups in total. The van der Waals surface area contributed by atoms with Crippen molar-refractivity contribution in [1.82, 2.24) is 19.7 Å². The van der Waals surface area contributed by atoms with Crippen molar-refractivity contribution in [3.05, 3.63) is 38.8 Å². The van der Waals surface area contributed by atoms with Crippen LogP contribution in [0.5, 0.6) is 0 Å². The average Bonchev–Trinajstić information content (AvgIpc) is 3.15. The Morgan fingerprint density at radius 1 is 1.30 bits per heavy atom. The van der Waals surface area contributed by atoms with Gasteiger partial charge in [0.2, 0.25) is 5.91 Å². The van der Waals surface area contributed by atoms with E-state index >= 15 is 0 Å². The highest BCUT2D eigenvalue weighted by Crippen LogP contribution is 2.31. The molecule has 142 valence electrons. The fourth-order valence-electron chi connectivity index (χ4n) is 2.36. The predicted molar refractivity (Wildman–Crippen MR) is 112 cm³/mol. The molecule has 0 atom stereocenters. The van der Waals surface area contributed by atoms with Gasteiger partial charge in [0.25, 0.3) is 0 Å². The van der Waals surface area contributed by atoms with E-state index < -0.39 is 0 Å². The number of nitrogens with zero attached hydrogens (tertiary/aromatic N) is 4. The van der Waals surface area contributed by atoms with Crippen LogP contribution in [0, 0.1) is 13.8 Å². The number of thiazole rings is 1. The number of aromatic nitrogens is 4. The van der Waals surface area contributed by atoms with Gasteiger partial charge in [-0.05, 0) is 39.0 Å². The van der Waals surface area contributed by atoms with Gasteiger partial charge in [0.1, 0.15) is 0 Å². The van der Waals surface area contributed by atoms with Crippen LogP contribution < -0.4 is 5.32 Å². The Morgan fingerprint density at radius 2 is 2.07 bits per heavy atom. The van der Waals surface area contributed by atoms with Crippen molar-refractivity contribution in [3.63, 3.8) is 0 Å². The first-order chi connectivity index (χ1) is 12.9. The Hall–Kier alpha value is -1.61. The second kappa shape index (κ2) is 8.60. The number of nitrogens with one attached hydrogen (secondary N) is 1. The monoisotopic (exact) mass is 441 g/mol. The van der Waals surface area contributed by atoms with E-state index in [1.807, 2.05) is 31.4 Å². The fraction of sp³-hybridized carbons (Fsp3) is 0.294. The molecule has 0 radical (unpaired) electrons. The van der Waals surface area contributed by atoms with Crippen LogP contribution >= 0.6 is 46.3 Å². The fourth-order valence-corrected chi connectivity index (χ4v) is 4.49. The molecule has 27 heavy (non-hydrogen) atoms. The molecular weight excluding hydrogens is 425 g/mol. The van der Waals surface area contributed by atoms with Crippen molar-refractivity contribution in [3.8, 4) is 11.4 Å². The third-order valence-electron chi connectivity index (χ3n) is 3.81. The van der Waals surface area contributed by atoms with Crippen LogP contribution in [0.1, 0.15) is 17.5 Å². The minimum atomic E-state index is -0.134. The van der Waals surface area contributed by atoms with Crippen LogP contribution in [0.3, 0.4) is 0 Å². The third kappa shape index (κ3) is 4.63. The van der Waals surface area contributed by atoms with Crippen LogP contribution in [0.4, 0.5) is 5.13 Å². The lowest BCUT2D eigenvalue weighted by Crippen LogP contribution is -2.14. The molecule has 0 saturated heterocycles. The molecule has 0 bridgehead atoms. The second-order valence-corrected chi connectivity index (χ2v) is 8.66. The summed E-state index contributed by atoms with van der Waals surface area (Å²) < 4.78 is 1.92. The Labute approximate surface area is 175 Å². The molecule has 10 heteroatoms. The van der Waals surface area contributed by atoms with E-state index in [2.05, 4.69) is 20.5 Å². The summed E-state index contributed by atoms with van der Waals surface area (Å²) in [4.78, 5) is 17.6. The number of hydrogen-bond acceptors (Lipinski definition) is 6. The van der Waals surface area contributed by atoms with Gasteiger partial charge in [-0.25, -0.2) is 4.98 Å². The summed E-state index contributed by atoms with van der Waals surface area (Å²) in [6.45, 7) is 6.53. The van der Waals surface area contributed by atoms with Gasteiger partial charge in [-0.1, -0.05) is 35.0 Å². The molecule has 0 saturated carbocycles. The minimum Gasteiger partial charge on any atom is -0.302 e. The number of hydrogen-bond donors (Lipinski definition) is 1. The van der Waals surface area contributed by atoms with Crippen molar-refractivity contribution < 1.29 is 4.79 Å². The molecule has 6 nitrogen and oxygen atoms in total. The van der Waals surface area contributed by atoms with E-state index in [0.29, 0.717) is 32.7 Å². The summed E-state index contributed by atoms with van der Waals surface area (Å²) >= 11 is 15.0. The van der Waals surface area contributed by atoms with E-state index in [1.165, 1.54) is 23.1 Å². The Bertz CT molecular complexity index is 966. The molecule has 2 aromatic heterocycles. The molecule has 0 spiro atoms. The van der Waals surface area contributed by atoms with Crippen molar-refractivity contribution in [2.24, 2.45) is 0 Å². The van der Waals surface area contributed by atoms with Gasteiger partial charge in [0, 0.05) is 22.0 Å². The van der Waals surface area contributed by atoms with Crippen molar-refractivity contribution >= 4 is 57.3 Å². The van der Waals surface area contributed by atoms with Crippen molar-refractivity contribution in [2.45, 2.75) is 32.5 Å². The number of rotatable bonds is 6. The van der Waals surface area contributed by atoms with Gasteiger partial charge >= 0.3 is 0 Å². The molecule has 3 rings (SSSR count). The summed E-state index contributed by atoms with van der Waals surface area (Å²) in [5.74, 6) is 0.725. The number of carbonyl (C=O) groups excluding carboxylic acids is 1. The number of carbonyl (C=O) groups is 1. The zero-order valence-electron chi connectivity index (χ0n) is 14.9. The highest BCUT2D eigenvalue weighted by molar-refractivity contribution is 7.99. The molecule has 1 aromatic carbocycles. The predicted octanol–water partition coefficient (Wildman–Crippen LogP) is 5.08.